The first-order chi connectivity index (χ1) is 18.5. The maximum Gasteiger partial charge on any atom is 0.341 e. The molecule has 0 aliphatic carbocycles. The highest BCUT2D eigenvalue weighted by atomic mass is 16.5. The Hall–Kier alpha value is -5.10. The van der Waals surface area contributed by atoms with E-state index < -0.39 is 25.2 Å². The molecule has 0 radical (unpaired) electrons. The Morgan fingerprint density at radius 3 is 1.29 bits per heavy atom. The normalized spacial score (nSPS) is 11.3. The SMILES string of the molecule is O=C(O)COc1ccc2ccc3ccccc3c2c1-c1c(OCC(=O)O)ccc2ccc3ccccc3c12. The van der Waals surface area contributed by atoms with Gasteiger partial charge in [-0.15, -0.1) is 0 Å². The molecule has 0 saturated carbocycles. The lowest BCUT2D eigenvalue weighted by Gasteiger charge is -2.21. The molecule has 0 aromatic heterocycles. The number of aliphatic carboxylic acids is 2. The summed E-state index contributed by atoms with van der Waals surface area (Å²) >= 11 is 0. The zero-order valence-corrected chi connectivity index (χ0v) is 20.2. The predicted molar refractivity (Wildman–Crippen MR) is 148 cm³/mol. The number of fused-ring (bicyclic) bond motifs is 6. The quantitative estimate of drug-likeness (QED) is 0.231. The molecule has 6 rings (SSSR count). The van der Waals surface area contributed by atoms with Gasteiger partial charge < -0.3 is 19.7 Å². The fourth-order valence-electron chi connectivity index (χ4n) is 5.17. The summed E-state index contributed by atoms with van der Waals surface area (Å²) in [5, 5.41) is 26.4. The van der Waals surface area contributed by atoms with Crippen LogP contribution < -0.4 is 9.47 Å². The summed E-state index contributed by atoms with van der Waals surface area (Å²) < 4.78 is 11.8. The number of benzene rings is 6. The average molecular weight is 503 g/mol. The highest BCUT2D eigenvalue weighted by Gasteiger charge is 2.22. The van der Waals surface area contributed by atoms with Crippen LogP contribution in [0.4, 0.5) is 0 Å². The van der Waals surface area contributed by atoms with Crippen molar-refractivity contribution in [3.05, 3.63) is 97.1 Å². The molecule has 6 aromatic rings. The van der Waals surface area contributed by atoms with Crippen LogP contribution in [0.2, 0.25) is 0 Å². The molecule has 2 N–H and O–H groups in total. The number of rotatable bonds is 7. The van der Waals surface area contributed by atoms with Crippen LogP contribution in [0.3, 0.4) is 0 Å². The van der Waals surface area contributed by atoms with E-state index in [0.29, 0.717) is 22.6 Å². The summed E-state index contributed by atoms with van der Waals surface area (Å²) in [5.41, 5.74) is 1.31. The van der Waals surface area contributed by atoms with E-state index in [0.717, 1.165) is 43.1 Å². The van der Waals surface area contributed by atoms with Crippen molar-refractivity contribution in [1.29, 1.82) is 0 Å². The Kier molecular flexibility index (Phi) is 5.77. The van der Waals surface area contributed by atoms with E-state index in [9.17, 15) is 19.8 Å². The van der Waals surface area contributed by atoms with Crippen molar-refractivity contribution in [1.82, 2.24) is 0 Å². The molecule has 0 fully saturated rings. The van der Waals surface area contributed by atoms with Gasteiger partial charge in [-0.3, -0.25) is 0 Å². The predicted octanol–water partition coefficient (Wildman–Crippen LogP) is 6.89. The van der Waals surface area contributed by atoms with Crippen LogP contribution >= 0.6 is 0 Å². The third-order valence-electron chi connectivity index (χ3n) is 6.70. The van der Waals surface area contributed by atoms with Crippen LogP contribution in [0.25, 0.3) is 54.2 Å². The van der Waals surface area contributed by atoms with Gasteiger partial charge in [0.15, 0.2) is 13.2 Å². The number of carbonyl (C=O) groups is 2. The Morgan fingerprint density at radius 1 is 0.500 bits per heavy atom. The lowest BCUT2D eigenvalue weighted by molar-refractivity contribution is -0.140. The standard InChI is InChI=1S/C32H22O6/c33-27(34)17-37-25-15-13-21-11-9-19-5-1-3-7-23(19)29(21)31(25)32-26(38-18-28(35)36)16-14-22-12-10-20-6-2-4-8-24(20)30(22)32/h1-16H,17-18H2,(H,33,34)(H,35,36). The van der Waals surface area contributed by atoms with Crippen LogP contribution in [0.15, 0.2) is 97.1 Å². The second-order valence-electron chi connectivity index (χ2n) is 9.01. The smallest absolute Gasteiger partial charge is 0.341 e. The van der Waals surface area contributed by atoms with Crippen molar-refractivity contribution in [2.45, 2.75) is 0 Å². The van der Waals surface area contributed by atoms with Crippen molar-refractivity contribution in [3.8, 4) is 22.6 Å². The number of carboxylic acids is 2. The molecular weight excluding hydrogens is 480 g/mol. The highest BCUT2D eigenvalue weighted by molar-refractivity contribution is 6.23. The zero-order chi connectivity index (χ0) is 26.2. The van der Waals surface area contributed by atoms with Crippen molar-refractivity contribution in [2.24, 2.45) is 0 Å². The molecule has 38 heavy (non-hydrogen) atoms. The molecule has 0 amide bonds. The van der Waals surface area contributed by atoms with Crippen molar-refractivity contribution >= 4 is 55.0 Å². The van der Waals surface area contributed by atoms with Gasteiger partial charge in [0.1, 0.15) is 11.5 Å². The minimum atomic E-state index is -1.10. The van der Waals surface area contributed by atoms with Crippen LogP contribution in [-0.2, 0) is 9.59 Å². The molecule has 6 aromatic carbocycles. The van der Waals surface area contributed by atoms with E-state index in [-0.39, 0.29) is 0 Å². The summed E-state index contributed by atoms with van der Waals surface area (Å²) in [6, 6.07) is 31.4. The molecule has 0 atom stereocenters. The van der Waals surface area contributed by atoms with E-state index in [1.807, 2.05) is 84.9 Å². The molecule has 0 heterocycles. The molecule has 6 heteroatoms. The number of carboxylic acid groups (broad SMARTS) is 2. The first-order valence-electron chi connectivity index (χ1n) is 12.1. The lowest BCUT2D eigenvalue weighted by Crippen LogP contribution is -2.11. The Bertz CT molecular complexity index is 1750. The van der Waals surface area contributed by atoms with E-state index in [1.54, 1.807) is 12.1 Å². The second-order valence-corrected chi connectivity index (χ2v) is 9.01. The maximum absolute atomic E-state index is 11.5. The number of hydrogen-bond donors (Lipinski definition) is 2. The number of hydrogen-bond acceptors (Lipinski definition) is 4. The van der Waals surface area contributed by atoms with Gasteiger partial charge in [0, 0.05) is 21.9 Å². The summed E-state index contributed by atoms with van der Waals surface area (Å²) in [4.78, 5) is 23.0. The number of ether oxygens (including phenoxy) is 2. The minimum absolute atomic E-state index is 0.372. The van der Waals surface area contributed by atoms with E-state index in [1.165, 1.54) is 0 Å². The van der Waals surface area contributed by atoms with Gasteiger partial charge >= 0.3 is 11.9 Å². The third-order valence-corrected chi connectivity index (χ3v) is 6.70. The van der Waals surface area contributed by atoms with Gasteiger partial charge in [0.2, 0.25) is 0 Å². The minimum Gasteiger partial charge on any atom is -0.481 e. The van der Waals surface area contributed by atoms with Crippen LogP contribution in [0.1, 0.15) is 0 Å². The van der Waals surface area contributed by atoms with Gasteiger partial charge in [-0.05, 0) is 44.5 Å². The summed E-state index contributed by atoms with van der Waals surface area (Å²) in [7, 11) is 0. The third kappa shape index (κ3) is 4.02. The monoisotopic (exact) mass is 502 g/mol. The van der Waals surface area contributed by atoms with Crippen LogP contribution in [-0.4, -0.2) is 35.4 Å². The van der Waals surface area contributed by atoms with Gasteiger partial charge in [-0.25, -0.2) is 9.59 Å². The Morgan fingerprint density at radius 2 is 0.868 bits per heavy atom. The Labute approximate surface area is 217 Å². The summed E-state index contributed by atoms with van der Waals surface area (Å²) in [6.07, 6.45) is 0. The first-order valence-corrected chi connectivity index (χ1v) is 12.1. The summed E-state index contributed by atoms with van der Waals surface area (Å²) in [5.74, 6) is -1.45. The topological polar surface area (TPSA) is 93.1 Å². The molecule has 6 nitrogen and oxygen atoms in total. The first kappa shape index (κ1) is 23.3. The fraction of sp³-hybridized carbons (Fsp3) is 0.0625. The second kappa shape index (κ2) is 9.41. The van der Waals surface area contributed by atoms with Gasteiger partial charge in [-0.2, -0.15) is 0 Å². The fourth-order valence-corrected chi connectivity index (χ4v) is 5.17. The molecule has 186 valence electrons. The van der Waals surface area contributed by atoms with E-state index in [4.69, 9.17) is 9.47 Å². The molecular formula is C32H22O6. The average Bonchev–Trinajstić information content (AvgIpc) is 2.94. The van der Waals surface area contributed by atoms with Crippen LogP contribution in [0.5, 0.6) is 11.5 Å². The van der Waals surface area contributed by atoms with Crippen molar-refractivity contribution in [3.63, 3.8) is 0 Å². The van der Waals surface area contributed by atoms with Crippen molar-refractivity contribution in [2.75, 3.05) is 13.2 Å². The molecule has 0 bridgehead atoms. The van der Waals surface area contributed by atoms with Gasteiger partial charge in [0.25, 0.3) is 0 Å². The van der Waals surface area contributed by atoms with Crippen molar-refractivity contribution < 1.29 is 29.3 Å². The summed E-state index contributed by atoms with van der Waals surface area (Å²) in [6.45, 7) is -1.06. The molecule has 0 saturated heterocycles. The van der Waals surface area contributed by atoms with E-state index in [2.05, 4.69) is 0 Å². The molecule has 0 unspecified atom stereocenters. The maximum atomic E-state index is 11.5. The highest BCUT2D eigenvalue weighted by Crippen LogP contribution is 2.48. The van der Waals surface area contributed by atoms with Gasteiger partial charge in [-0.1, -0.05) is 84.9 Å². The van der Waals surface area contributed by atoms with E-state index >= 15 is 0 Å². The largest absolute Gasteiger partial charge is 0.481 e. The Balaban J connectivity index is 1.83. The lowest BCUT2D eigenvalue weighted by atomic mass is 9.88. The molecule has 0 aliphatic heterocycles. The van der Waals surface area contributed by atoms with Gasteiger partial charge in [0.05, 0.1) is 0 Å². The van der Waals surface area contributed by atoms with Crippen LogP contribution in [0, 0.1) is 0 Å². The molecule has 0 spiro atoms. The molecule has 0 aliphatic rings. The zero-order valence-electron chi connectivity index (χ0n) is 20.2.